The average molecular weight is 492 g/mol. The van der Waals surface area contributed by atoms with Gasteiger partial charge in [-0.05, 0) is 30.3 Å². The average Bonchev–Trinajstić information content (AvgIpc) is 2.73. The first-order valence-electron chi connectivity index (χ1n) is 8.36. The third-order valence-electron chi connectivity index (χ3n) is 3.65. The minimum absolute atomic E-state index is 0.0812. The standard InChI is InChI=1S/C18H13ClF3N3O6S/c1-23-16(26)24-15(32-17(27)30-2)11-8-10(4-5-13(11)25(28)29)31-14-6-3-9(7-12(14)19)18(20,21)22/h3-8H,1-2H3,(H,23,26). The molecule has 170 valence electrons. The van der Waals surface area contributed by atoms with Crippen LogP contribution in [0.4, 0.5) is 28.4 Å². The number of aliphatic imine (C=N–C) groups is 1. The summed E-state index contributed by atoms with van der Waals surface area (Å²) in [5.41, 5.74) is -1.78. The van der Waals surface area contributed by atoms with E-state index in [1.54, 1.807) is 0 Å². The van der Waals surface area contributed by atoms with Crippen LogP contribution in [0.5, 0.6) is 11.5 Å². The van der Waals surface area contributed by atoms with Crippen molar-refractivity contribution < 1.29 is 37.2 Å². The summed E-state index contributed by atoms with van der Waals surface area (Å²) in [7, 11) is 2.32. The second-order valence-corrected chi connectivity index (χ2v) is 7.04. The summed E-state index contributed by atoms with van der Waals surface area (Å²) < 4.78 is 48.4. The number of carbonyl (C=O) groups is 2. The fourth-order valence-electron chi connectivity index (χ4n) is 2.20. The normalized spacial score (nSPS) is 11.6. The molecule has 0 spiro atoms. The number of carbonyl (C=O) groups excluding carboxylic acids is 2. The van der Waals surface area contributed by atoms with Gasteiger partial charge in [-0.25, -0.2) is 9.59 Å². The Morgan fingerprint density at radius 1 is 1.22 bits per heavy atom. The summed E-state index contributed by atoms with van der Waals surface area (Å²) in [5, 5.41) is 12.0. The van der Waals surface area contributed by atoms with Gasteiger partial charge in [-0.2, -0.15) is 18.2 Å². The molecule has 0 radical (unpaired) electrons. The van der Waals surface area contributed by atoms with Gasteiger partial charge in [0.1, 0.15) is 16.5 Å². The van der Waals surface area contributed by atoms with E-state index in [1.165, 1.54) is 7.05 Å². The summed E-state index contributed by atoms with van der Waals surface area (Å²) in [4.78, 5) is 37.7. The van der Waals surface area contributed by atoms with Gasteiger partial charge < -0.3 is 14.8 Å². The number of alkyl halides is 3. The maximum Gasteiger partial charge on any atom is 0.416 e. The van der Waals surface area contributed by atoms with Crippen LogP contribution in [0.3, 0.4) is 0 Å². The van der Waals surface area contributed by atoms with Gasteiger partial charge in [0.25, 0.3) is 5.69 Å². The molecule has 2 aromatic carbocycles. The SMILES string of the molecule is CNC(=O)N=C(SC(=O)OC)c1cc(Oc2ccc(C(F)(F)F)cc2Cl)ccc1[N+](=O)[O-]. The number of nitrogens with one attached hydrogen (secondary N) is 1. The molecule has 0 bridgehead atoms. The molecule has 9 nitrogen and oxygen atoms in total. The van der Waals surface area contributed by atoms with E-state index in [9.17, 15) is 32.9 Å². The first-order valence-corrected chi connectivity index (χ1v) is 9.55. The Hall–Kier alpha value is -3.32. The van der Waals surface area contributed by atoms with Gasteiger partial charge in [-0.15, -0.1) is 0 Å². The van der Waals surface area contributed by atoms with Crippen LogP contribution in [0.15, 0.2) is 41.4 Å². The summed E-state index contributed by atoms with van der Waals surface area (Å²) in [5.74, 6) is -0.243. The predicted molar refractivity (Wildman–Crippen MR) is 111 cm³/mol. The minimum Gasteiger partial charge on any atom is -0.461 e. The summed E-state index contributed by atoms with van der Waals surface area (Å²) in [6.45, 7) is 0. The number of nitro groups is 1. The van der Waals surface area contributed by atoms with E-state index >= 15 is 0 Å². The quantitative estimate of drug-likeness (QED) is 0.193. The molecule has 0 saturated carbocycles. The lowest BCUT2D eigenvalue weighted by molar-refractivity contribution is -0.385. The summed E-state index contributed by atoms with van der Waals surface area (Å²) in [6.07, 6.45) is -4.61. The number of nitro benzene ring substituents is 1. The Balaban J connectivity index is 2.53. The third-order valence-corrected chi connectivity index (χ3v) is 4.78. The number of nitrogens with zero attached hydrogens (tertiary/aromatic N) is 2. The van der Waals surface area contributed by atoms with Crippen LogP contribution in [0.2, 0.25) is 5.02 Å². The number of ether oxygens (including phenoxy) is 2. The number of amides is 2. The van der Waals surface area contributed by atoms with Gasteiger partial charge in [0.05, 0.1) is 28.2 Å². The van der Waals surface area contributed by atoms with Gasteiger partial charge >= 0.3 is 17.5 Å². The molecule has 2 aromatic rings. The largest absolute Gasteiger partial charge is 0.461 e. The van der Waals surface area contributed by atoms with Gasteiger partial charge in [0.15, 0.2) is 0 Å². The first-order chi connectivity index (χ1) is 15.0. The van der Waals surface area contributed by atoms with Crippen molar-refractivity contribution in [3.8, 4) is 11.5 Å². The lowest BCUT2D eigenvalue weighted by Gasteiger charge is -2.12. The van der Waals surface area contributed by atoms with Crippen molar-refractivity contribution in [3.63, 3.8) is 0 Å². The second-order valence-electron chi connectivity index (χ2n) is 5.71. The van der Waals surface area contributed by atoms with E-state index in [-0.39, 0.29) is 27.1 Å². The number of methoxy groups -OCH3 is 1. The monoisotopic (exact) mass is 491 g/mol. The molecule has 2 rings (SSSR count). The van der Waals surface area contributed by atoms with Crippen molar-refractivity contribution >= 4 is 45.4 Å². The van der Waals surface area contributed by atoms with E-state index in [1.807, 2.05) is 0 Å². The highest BCUT2D eigenvalue weighted by molar-refractivity contribution is 8.26. The van der Waals surface area contributed by atoms with Crippen molar-refractivity contribution in [3.05, 3.63) is 62.7 Å². The molecular formula is C18H13ClF3N3O6S. The third kappa shape index (κ3) is 6.34. The molecule has 2 amide bonds. The zero-order valence-corrected chi connectivity index (χ0v) is 17.8. The molecule has 14 heteroatoms. The fourth-order valence-corrected chi connectivity index (χ4v) is 3.07. The fraction of sp³-hybridized carbons (Fsp3) is 0.167. The van der Waals surface area contributed by atoms with Gasteiger partial charge in [-0.3, -0.25) is 10.1 Å². The van der Waals surface area contributed by atoms with Gasteiger partial charge in [0.2, 0.25) is 0 Å². The van der Waals surface area contributed by atoms with Crippen LogP contribution in [-0.4, -0.2) is 35.5 Å². The highest BCUT2D eigenvalue weighted by Crippen LogP contribution is 2.37. The second kappa shape index (κ2) is 10.3. The molecule has 1 N–H and O–H groups in total. The molecule has 0 aliphatic carbocycles. The zero-order chi connectivity index (χ0) is 24.1. The highest BCUT2D eigenvalue weighted by atomic mass is 35.5. The lowest BCUT2D eigenvalue weighted by Crippen LogP contribution is -2.16. The number of hydrogen-bond donors (Lipinski definition) is 1. The topological polar surface area (TPSA) is 120 Å². The molecule has 32 heavy (non-hydrogen) atoms. The van der Waals surface area contributed by atoms with Crippen LogP contribution < -0.4 is 10.1 Å². The maximum atomic E-state index is 12.8. The number of thioether (sulfide) groups is 1. The number of benzene rings is 2. The Labute approximate surface area is 187 Å². The van der Waals surface area contributed by atoms with Crippen molar-refractivity contribution in [1.82, 2.24) is 5.32 Å². The first kappa shape index (κ1) is 24.9. The Kier molecular flexibility index (Phi) is 8.05. The highest BCUT2D eigenvalue weighted by Gasteiger charge is 2.31. The van der Waals surface area contributed by atoms with Crippen molar-refractivity contribution in [2.45, 2.75) is 6.18 Å². The predicted octanol–water partition coefficient (Wildman–Crippen LogP) is 5.64. The molecule has 0 saturated heterocycles. The maximum absolute atomic E-state index is 12.8. The summed E-state index contributed by atoms with van der Waals surface area (Å²) in [6, 6.07) is 4.76. The van der Waals surface area contributed by atoms with Crippen molar-refractivity contribution in [2.24, 2.45) is 4.99 Å². The van der Waals surface area contributed by atoms with Crippen LogP contribution in [0.1, 0.15) is 11.1 Å². The van der Waals surface area contributed by atoms with Crippen LogP contribution >= 0.6 is 23.4 Å². The van der Waals surface area contributed by atoms with E-state index < -0.39 is 33.7 Å². The van der Waals surface area contributed by atoms with Gasteiger partial charge in [-0.1, -0.05) is 11.6 Å². The van der Waals surface area contributed by atoms with Crippen LogP contribution in [-0.2, 0) is 10.9 Å². The molecule has 0 heterocycles. The van der Waals surface area contributed by atoms with Crippen molar-refractivity contribution in [1.29, 1.82) is 0 Å². The smallest absolute Gasteiger partial charge is 0.416 e. The number of urea groups is 1. The number of hydrogen-bond acceptors (Lipinski definition) is 7. The molecule has 0 aliphatic rings. The van der Waals surface area contributed by atoms with Gasteiger partial charge in [0, 0.05) is 24.9 Å². The Morgan fingerprint density at radius 2 is 1.91 bits per heavy atom. The minimum atomic E-state index is -4.61. The number of halogens is 4. The van der Waals surface area contributed by atoms with E-state index in [4.69, 9.17) is 16.3 Å². The number of rotatable bonds is 4. The lowest BCUT2D eigenvalue weighted by atomic mass is 10.1. The molecule has 0 atom stereocenters. The molecular weight excluding hydrogens is 479 g/mol. The zero-order valence-electron chi connectivity index (χ0n) is 16.2. The van der Waals surface area contributed by atoms with E-state index in [0.717, 1.165) is 37.4 Å². The van der Waals surface area contributed by atoms with E-state index in [0.29, 0.717) is 17.8 Å². The summed E-state index contributed by atoms with van der Waals surface area (Å²) >= 11 is 6.18. The van der Waals surface area contributed by atoms with E-state index in [2.05, 4.69) is 15.0 Å². The van der Waals surface area contributed by atoms with Crippen LogP contribution in [0.25, 0.3) is 0 Å². The molecule has 0 aromatic heterocycles. The Bertz CT molecular complexity index is 1090. The molecule has 0 unspecified atom stereocenters. The van der Waals surface area contributed by atoms with Crippen LogP contribution in [0, 0.1) is 10.1 Å². The Morgan fingerprint density at radius 3 is 2.44 bits per heavy atom. The molecule has 0 fully saturated rings. The van der Waals surface area contributed by atoms with Crippen molar-refractivity contribution in [2.75, 3.05) is 14.2 Å². The molecule has 0 aliphatic heterocycles.